The highest BCUT2D eigenvalue weighted by Crippen LogP contribution is 2.33. The van der Waals surface area contributed by atoms with E-state index < -0.39 is 11.6 Å². The first-order valence-corrected chi connectivity index (χ1v) is 6.80. The molecule has 0 fully saturated rings. The Labute approximate surface area is 125 Å². The van der Waals surface area contributed by atoms with Crippen LogP contribution in [-0.2, 0) is 4.79 Å². The topological polar surface area (TPSA) is 106 Å². The number of hydrogen-bond acceptors (Lipinski definition) is 6. The molecule has 0 radical (unpaired) electrons. The molecule has 0 aliphatic heterocycles. The molecule has 2 rings (SSSR count). The van der Waals surface area contributed by atoms with E-state index in [9.17, 15) is 14.7 Å². The number of aliphatic carboxylic acids is 1. The average Bonchev–Trinajstić information content (AvgIpc) is 2.48. The molecular weight excluding hydrogens is 292 g/mol. The molecule has 0 atom stereocenters. The van der Waals surface area contributed by atoms with Gasteiger partial charge in [-0.05, 0) is 31.5 Å². The van der Waals surface area contributed by atoms with E-state index >= 15 is 0 Å². The summed E-state index contributed by atoms with van der Waals surface area (Å²) in [6, 6.07) is 4.58. The molecule has 0 aliphatic rings. The SMILES string of the molecule is CCOc1c(O)c2cc(OCCCC(=O)O)ccc2oc1=O. The zero-order chi connectivity index (χ0) is 16.1. The highest BCUT2D eigenvalue weighted by molar-refractivity contribution is 5.86. The molecule has 118 valence electrons. The third kappa shape index (κ3) is 3.49. The van der Waals surface area contributed by atoms with Crippen LogP contribution in [0.1, 0.15) is 19.8 Å². The fourth-order valence-electron chi connectivity index (χ4n) is 1.92. The minimum atomic E-state index is -0.886. The lowest BCUT2D eigenvalue weighted by Crippen LogP contribution is -2.07. The van der Waals surface area contributed by atoms with E-state index in [0.717, 1.165) is 0 Å². The van der Waals surface area contributed by atoms with Crippen LogP contribution in [0.5, 0.6) is 17.2 Å². The maximum atomic E-state index is 11.7. The van der Waals surface area contributed by atoms with E-state index in [-0.39, 0.29) is 36.7 Å². The van der Waals surface area contributed by atoms with Crippen molar-refractivity contribution >= 4 is 16.9 Å². The number of carbonyl (C=O) groups is 1. The minimum Gasteiger partial charge on any atom is -0.504 e. The smallest absolute Gasteiger partial charge is 0.383 e. The molecule has 7 nitrogen and oxygen atoms in total. The first kappa shape index (κ1) is 15.7. The van der Waals surface area contributed by atoms with E-state index in [4.69, 9.17) is 19.0 Å². The van der Waals surface area contributed by atoms with Gasteiger partial charge in [0.15, 0.2) is 5.75 Å². The van der Waals surface area contributed by atoms with Crippen LogP contribution in [0.25, 0.3) is 11.0 Å². The standard InChI is InChI=1S/C15H16O7/c1-2-20-14-13(18)10-8-9(21-7-3-4-12(16)17)5-6-11(10)22-15(14)19/h5-6,8,18H,2-4,7H2,1H3,(H,16,17). The van der Waals surface area contributed by atoms with Gasteiger partial charge in [0.05, 0.1) is 18.6 Å². The normalized spacial score (nSPS) is 10.6. The zero-order valence-electron chi connectivity index (χ0n) is 12.0. The number of fused-ring (bicyclic) bond motifs is 1. The molecule has 0 spiro atoms. The van der Waals surface area contributed by atoms with E-state index in [2.05, 4.69) is 0 Å². The van der Waals surface area contributed by atoms with Crippen molar-refractivity contribution in [2.75, 3.05) is 13.2 Å². The van der Waals surface area contributed by atoms with Crippen LogP contribution < -0.4 is 15.1 Å². The van der Waals surface area contributed by atoms with Gasteiger partial charge in [-0.15, -0.1) is 0 Å². The van der Waals surface area contributed by atoms with E-state index in [1.807, 2.05) is 0 Å². The molecular formula is C15H16O7. The van der Waals surface area contributed by atoms with Gasteiger partial charge in [-0.2, -0.15) is 0 Å². The van der Waals surface area contributed by atoms with Crippen LogP contribution >= 0.6 is 0 Å². The Morgan fingerprint density at radius 2 is 2.09 bits per heavy atom. The average molecular weight is 308 g/mol. The Bertz CT molecular complexity index is 732. The highest BCUT2D eigenvalue weighted by atomic mass is 16.5. The molecule has 2 aromatic rings. The molecule has 0 bridgehead atoms. The number of aromatic hydroxyl groups is 1. The van der Waals surface area contributed by atoms with Crippen LogP contribution in [0.15, 0.2) is 27.4 Å². The van der Waals surface area contributed by atoms with Crippen molar-refractivity contribution in [2.45, 2.75) is 19.8 Å². The molecule has 0 saturated carbocycles. The second kappa shape index (κ2) is 6.84. The third-order valence-electron chi connectivity index (χ3n) is 2.90. The van der Waals surface area contributed by atoms with Crippen molar-refractivity contribution in [3.05, 3.63) is 28.6 Å². The molecule has 0 unspecified atom stereocenters. The van der Waals surface area contributed by atoms with Gasteiger partial charge < -0.3 is 24.1 Å². The van der Waals surface area contributed by atoms with E-state index in [1.54, 1.807) is 13.0 Å². The van der Waals surface area contributed by atoms with Crippen molar-refractivity contribution in [1.29, 1.82) is 0 Å². The Morgan fingerprint density at radius 3 is 2.77 bits per heavy atom. The summed E-state index contributed by atoms with van der Waals surface area (Å²) in [5, 5.41) is 19.0. The molecule has 7 heteroatoms. The summed E-state index contributed by atoms with van der Waals surface area (Å²) in [5.74, 6) is -0.991. The largest absolute Gasteiger partial charge is 0.504 e. The summed E-state index contributed by atoms with van der Waals surface area (Å²) in [6.07, 6.45) is 0.385. The van der Waals surface area contributed by atoms with Gasteiger partial charge in [-0.3, -0.25) is 4.79 Å². The number of rotatable bonds is 7. The molecule has 1 heterocycles. The fraction of sp³-hybridized carbons (Fsp3) is 0.333. The molecule has 1 aromatic carbocycles. The first-order valence-electron chi connectivity index (χ1n) is 6.80. The number of carboxylic acids is 1. The predicted molar refractivity (Wildman–Crippen MR) is 77.7 cm³/mol. The van der Waals surface area contributed by atoms with Gasteiger partial charge >= 0.3 is 11.6 Å². The van der Waals surface area contributed by atoms with Gasteiger partial charge in [0.1, 0.15) is 11.3 Å². The van der Waals surface area contributed by atoms with Crippen LogP contribution in [0, 0.1) is 0 Å². The molecule has 0 amide bonds. The van der Waals surface area contributed by atoms with Crippen molar-refractivity contribution in [3.63, 3.8) is 0 Å². The van der Waals surface area contributed by atoms with E-state index in [1.165, 1.54) is 12.1 Å². The van der Waals surface area contributed by atoms with Crippen molar-refractivity contribution in [1.82, 2.24) is 0 Å². The summed E-state index contributed by atoms with van der Waals surface area (Å²) in [7, 11) is 0. The lowest BCUT2D eigenvalue weighted by Gasteiger charge is -2.09. The van der Waals surface area contributed by atoms with Crippen molar-refractivity contribution in [3.8, 4) is 17.2 Å². The Hall–Kier alpha value is -2.70. The van der Waals surface area contributed by atoms with Gasteiger partial charge in [0, 0.05) is 6.42 Å². The van der Waals surface area contributed by atoms with Crippen molar-refractivity contribution in [2.24, 2.45) is 0 Å². The van der Waals surface area contributed by atoms with Crippen LogP contribution in [0.3, 0.4) is 0 Å². The second-order valence-electron chi connectivity index (χ2n) is 4.50. The lowest BCUT2D eigenvalue weighted by molar-refractivity contribution is -0.137. The van der Waals surface area contributed by atoms with Gasteiger partial charge in [0.25, 0.3) is 0 Å². The Kier molecular flexibility index (Phi) is 4.88. The fourth-order valence-corrected chi connectivity index (χ4v) is 1.92. The summed E-state index contributed by atoms with van der Waals surface area (Å²) < 4.78 is 15.6. The van der Waals surface area contributed by atoms with Gasteiger partial charge in [0.2, 0.25) is 5.75 Å². The summed E-state index contributed by atoms with van der Waals surface area (Å²) in [6.45, 7) is 2.13. The summed E-state index contributed by atoms with van der Waals surface area (Å²) in [5.41, 5.74) is -0.536. The molecule has 22 heavy (non-hydrogen) atoms. The van der Waals surface area contributed by atoms with Crippen LogP contribution in [-0.4, -0.2) is 29.4 Å². The first-order chi connectivity index (χ1) is 10.5. The maximum absolute atomic E-state index is 11.7. The van der Waals surface area contributed by atoms with Crippen molar-refractivity contribution < 1.29 is 28.9 Å². The maximum Gasteiger partial charge on any atom is 0.383 e. The van der Waals surface area contributed by atoms with E-state index in [0.29, 0.717) is 17.6 Å². The summed E-state index contributed by atoms with van der Waals surface area (Å²) >= 11 is 0. The third-order valence-corrected chi connectivity index (χ3v) is 2.90. The number of benzene rings is 1. The second-order valence-corrected chi connectivity index (χ2v) is 4.50. The quantitative estimate of drug-likeness (QED) is 0.596. The molecule has 0 aliphatic carbocycles. The van der Waals surface area contributed by atoms with Crippen LogP contribution in [0.2, 0.25) is 0 Å². The molecule has 1 aromatic heterocycles. The molecule has 0 saturated heterocycles. The predicted octanol–water partition coefficient (Wildman–Crippen LogP) is 2.14. The highest BCUT2D eigenvalue weighted by Gasteiger charge is 2.15. The summed E-state index contributed by atoms with van der Waals surface area (Å²) in [4.78, 5) is 22.1. The number of carboxylic acid groups (broad SMARTS) is 1. The Morgan fingerprint density at radius 1 is 1.32 bits per heavy atom. The monoisotopic (exact) mass is 308 g/mol. The lowest BCUT2D eigenvalue weighted by atomic mass is 10.2. The number of ether oxygens (including phenoxy) is 2. The molecule has 2 N–H and O–H groups in total. The van der Waals surface area contributed by atoms with Crippen LogP contribution in [0.4, 0.5) is 0 Å². The zero-order valence-corrected chi connectivity index (χ0v) is 12.0. The van der Waals surface area contributed by atoms with Gasteiger partial charge in [-0.25, -0.2) is 4.79 Å². The minimum absolute atomic E-state index is 0.0161. The number of hydrogen-bond donors (Lipinski definition) is 2. The Balaban J connectivity index is 2.25. The van der Waals surface area contributed by atoms with Gasteiger partial charge in [-0.1, -0.05) is 0 Å².